The van der Waals surface area contributed by atoms with Crippen molar-refractivity contribution in [2.45, 2.75) is 54.4 Å². The number of aromatic nitrogens is 2. The highest BCUT2D eigenvalue weighted by Gasteiger charge is 2.19. The molecular formula is C15H24N2O2. The fraction of sp³-hybridized carbons (Fsp3) is 0.667. The van der Waals surface area contributed by atoms with Crippen molar-refractivity contribution in [2.24, 2.45) is 11.3 Å². The lowest BCUT2D eigenvalue weighted by atomic mass is 9.91. The molecule has 1 unspecified atom stereocenters. The molecule has 0 spiro atoms. The van der Waals surface area contributed by atoms with Gasteiger partial charge in [0.2, 0.25) is 0 Å². The molecule has 0 aliphatic heterocycles. The molecule has 1 aromatic rings. The van der Waals surface area contributed by atoms with Crippen LogP contribution in [0.4, 0.5) is 0 Å². The van der Waals surface area contributed by atoms with Gasteiger partial charge in [0.1, 0.15) is 5.82 Å². The molecule has 1 N–H and O–H groups in total. The molecule has 1 rings (SSSR count). The molecule has 0 aliphatic carbocycles. The largest absolute Gasteiger partial charge is 0.481 e. The van der Waals surface area contributed by atoms with Crippen molar-refractivity contribution in [3.8, 4) is 0 Å². The van der Waals surface area contributed by atoms with Crippen LogP contribution >= 0.6 is 0 Å². The predicted octanol–water partition coefficient (Wildman–Crippen LogP) is 2.95. The van der Waals surface area contributed by atoms with Crippen LogP contribution in [0, 0.1) is 25.2 Å². The average molecular weight is 264 g/mol. The molecule has 4 nitrogen and oxygen atoms in total. The SMILES string of the molecule is Cc1nc(CC(C)(C)C)nc(C)c1CC(C)C(=O)O. The van der Waals surface area contributed by atoms with Crippen LogP contribution < -0.4 is 0 Å². The van der Waals surface area contributed by atoms with Gasteiger partial charge in [-0.3, -0.25) is 4.79 Å². The van der Waals surface area contributed by atoms with Crippen molar-refractivity contribution >= 4 is 5.97 Å². The van der Waals surface area contributed by atoms with Crippen molar-refractivity contribution in [1.82, 2.24) is 9.97 Å². The van der Waals surface area contributed by atoms with E-state index in [4.69, 9.17) is 5.11 Å². The molecule has 0 aliphatic rings. The maximum Gasteiger partial charge on any atom is 0.306 e. The van der Waals surface area contributed by atoms with Crippen LogP contribution in [0.2, 0.25) is 0 Å². The molecule has 1 heterocycles. The van der Waals surface area contributed by atoms with Gasteiger partial charge in [0.25, 0.3) is 0 Å². The van der Waals surface area contributed by atoms with Crippen molar-refractivity contribution < 1.29 is 9.90 Å². The lowest BCUT2D eigenvalue weighted by molar-refractivity contribution is -0.141. The second-order valence-electron chi connectivity index (χ2n) is 6.47. The fourth-order valence-corrected chi connectivity index (χ4v) is 2.05. The van der Waals surface area contributed by atoms with E-state index in [0.717, 1.165) is 29.2 Å². The monoisotopic (exact) mass is 264 g/mol. The number of hydrogen-bond donors (Lipinski definition) is 1. The summed E-state index contributed by atoms with van der Waals surface area (Å²) in [5.41, 5.74) is 2.92. The molecular weight excluding hydrogens is 240 g/mol. The van der Waals surface area contributed by atoms with Crippen LogP contribution in [0.3, 0.4) is 0 Å². The van der Waals surface area contributed by atoms with Crippen molar-refractivity contribution in [3.63, 3.8) is 0 Å². The Bertz CT molecular complexity index is 453. The van der Waals surface area contributed by atoms with E-state index in [1.54, 1.807) is 6.92 Å². The molecule has 0 bridgehead atoms. The second kappa shape index (κ2) is 5.68. The first-order valence-electron chi connectivity index (χ1n) is 6.66. The van der Waals surface area contributed by atoms with Gasteiger partial charge in [-0.2, -0.15) is 0 Å². The van der Waals surface area contributed by atoms with Gasteiger partial charge < -0.3 is 5.11 Å². The molecule has 0 fully saturated rings. The van der Waals surface area contributed by atoms with E-state index < -0.39 is 11.9 Å². The van der Waals surface area contributed by atoms with Crippen molar-refractivity contribution in [2.75, 3.05) is 0 Å². The van der Waals surface area contributed by atoms with Crippen molar-refractivity contribution in [1.29, 1.82) is 0 Å². The molecule has 1 atom stereocenters. The predicted molar refractivity (Wildman–Crippen MR) is 75.2 cm³/mol. The Kier molecular flexibility index (Phi) is 4.66. The summed E-state index contributed by atoms with van der Waals surface area (Å²) < 4.78 is 0. The standard InChI is InChI=1S/C15H24N2O2/c1-9(14(18)19)7-12-10(2)16-13(17-11(12)3)8-15(4,5)6/h9H,7-8H2,1-6H3,(H,18,19). The van der Waals surface area contributed by atoms with E-state index in [-0.39, 0.29) is 5.41 Å². The Morgan fingerprint density at radius 2 is 1.68 bits per heavy atom. The first kappa shape index (κ1) is 15.6. The average Bonchev–Trinajstić information content (AvgIpc) is 2.20. The van der Waals surface area contributed by atoms with Gasteiger partial charge in [-0.15, -0.1) is 0 Å². The normalized spacial score (nSPS) is 13.4. The van der Waals surface area contributed by atoms with Gasteiger partial charge in [0.05, 0.1) is 5.92 Å². The van der Waals surface area contributed by atoms with E-state index >= 15 is 0 Å². The maximum absolute atomic E-state index is 10.9. The maximum atomic E-state index is 10.9. The van der Waals surface area contributed by atoms with Crippen LogP contribution in [0.15, 0.2) is 0 Å². The first-order chi connectivity index (χ1) is 8.60. The van der Waals surface area contributed by atoms with Gasteiger partial charge in [0, 0.05) is 17.8 Å². The van der Waals surface area contributed by atoms with E-state index in [1.807, 2.05) is 13.8 Å². The van der Waals surface area contributed by atoms with Crippen molar-refractivity contribution in [3.05, 3.63) is 22.8 Å². The molecule has 19 heavy (non-hydrogen) atoms. The fourth-order valence-electron chi connectivity index (χ4n) is 2.05. The molecule has 0 amide bonds. The molecule has 0 aromatic carbocycles. The third kappa shape index (κ3) is 4.62. The van der Waals surface area contributed by atoms with E-state index in [0.29, 0.717) is 6.42 Å². The molecule has 0 saturated carbocycles. The minimum absolute atomic E-state index is 0.148. The number of aryl methyl sites for hydroxylation is 2. The molecule has 4 heteroatoms. The minimum Gasteiger partial charge on any atom is -0.481 e. The first-order valence-corrected chi connectivity index (χ1v) is 6.66. The summed E-state index contributed by atoms with van der Waals surface area (Å²) in [5.74, 6) is -0.346. The molecule has 1 aromatic heterocycles. The zero-order valence-electron chi connectivity index (χ0n) is 12.7. The number of carbonyl (C=O) groups is 1. The van der Waals surface area contributed by atoms with E-state index in [1.165, 1.54) is 0 Å². The highest BCUT2D eigenvalue weighted by Crippen LogP contribution is 2.21. The third-order valence-corrected chi connectivity index (χ3v) is 3.09. The molecule has 0 radical (unpaired) electrons. The quantitative estimate of drug-likeness (QED) is 0.908. The highest BCUT2D eigenvalue weighted by molar-refractivity contribution is 5.70. The Hall–Kier alpha value is -1.45. The molecule has 106 valence electrons. The summed E-state index contributed by atoms with van der Waals surface area (Å²) in [6.07, 6.45) is 1.31. The summed E-state index contributed by atoms with van der Waals surface area (Å²) in [7, 11) is 0. The Labute approximate surface area is 115 Å². The lowest BCUT2D eigenvalue weighted by Gasteiger charge is -2.19. The third-order valence-electron chi connectivity index (χ3n) is 3.09. The lowest BCUT2D eigenvalue weighted by Crippen LogP contribution is -2.17. The topological polar surface area (TPSA) is 63.1 Å². The van der Waals surface area contributed by atoms with Crippen LogP contribution in [-0.2, 0) is 17.6 Å². The van der Waals surface area contributed by atoms with Gasteiger partial charge in [-0.1, -0.05) is 27.7 Å². The number of carboxylic acids is 1. The summed E-state index contributed by atoms with van der Waals surface area (Å²) >= 11 is 0. The summed E-state index contributed by atoms with van der Waals surface area (Å²) in [6, 6.07) is 0. The number of rotatable bonds is 4. The van der Waals surface area contributed by atoms with Gasteiger partial charge in [0.15, 0.2) is 0 Å². The Balaban J connectivity index is 3.01. The van der Waals surface area contributed by atoms with Crippen LogP contribution in [0.1, 0.15) is 50.5 Å². The number of nitrogens with zero attached hydrogens (tertiary/aromatic N) is 2. The number of aliphatic carboxylic acids is 1. The minimum atomic E-state index is -0.780. The smallest absolute Gasteiger partial charge is 0.306 e. The summed E-state index contributed by atoms with van der Waals surface area (Å²) in [5, 5.41) is 8.99. The van der Waals surface area contributed by atoms with Crippen LogP contribution in [0.5, 0.6) is 0 Å². The highest BCUT2D eigenvalue weighted by atomic mass is 16.4. The van der Waals surface area contributed by atoms with Gasteiger partial charge in [-0.25, -0.2) is 9.97 Å². The number of carboxylic acid groups (broad SMARTS) is 1. The zero-order chi connectivity index (χ0) is 14.8. The summed E-state index contributed by atoms with van der Waals surface area (Å²) in [6.45, 7) is 12.0. The second-order valence-corrected chi connectivity index (χ2v) is 6.47. The Morgan fingerprint density at radius 1 is 1.21 bits per heavy atom. The summed E-state index contributed by atoms with van der Waals surface area (Å²) in [4.78, 5) is 20.0. The Morgan fingerprint density at radius 3 is 2.05 bits per heavy atom. The van der Waals surface area contributed by atoms with E-state index in [2.05, 4.69) is 30.7 Å². The van der Waals surface area contributed by atoms with Crippen LogP contribution in [0.25, 0.3) is 0 Å². The molecule has 0 saturated heterocycles. The van der Waals surface area contributed by atoms with Gasteiger partial charge >= 0.3 is 5.97 Å². The van der Waals surface area contributed by atoms with E-state index in [9.17, 15) is 4.79 Å². The van der Waals surface area contributed by atoms with Crippen LogP contribution in [-0.4, -0.2) is 21.0 Å². The number of hydrogen-bond acceptors (Lipinski definition) is 3. The zero-order valence-corrected chi connectivity index (χ0v) is 12.7. The van der Waals surface area contributed by atoms with Gasteiger partial charge in [-0.05, 0) is 31.2 Å².